The van der Waals surface area contributed by atoms with E-state index in [4.69, 9.17) is 0 Å². The molecule has 2 aromatic rings. The molecule has 0 saturated carbocycles. The van der Waals surface area contributed by atoms with Crippen LogP contribution in [0.2, 0.25) is 0 Å². The fraction of sp³-hybridized carbons (Fsp3) is 0.231. The lowest BCUT2D eigenvalue weighted by molar-refractivity contribution is 0.465. The number of rotatable bonds is 2. The zero-order valence-electron chi connectivity index (χ0n) is 9.94. The van der Waals surface area contributed by atoms with Crippen LogP contribution in [0.25, 0.3) is 11.1 Å². The summed E-state index contributed by atoms with van der Waals surface area (Å²) in [6, 6.07) is 5.39. The second-order valence-corrected chi connectivity index (χ2v) is 4.28. The summed E-state index contributed by atoms with van der Waals surface area (Å²) in [5, 5.41) is 9.37. The van der Waals surface area contributed by atoms with Crippen LogP contribution in [0, 0.1) is 6.92 Å². The maximum Gasteiger partial charge on any atom is 0.268 e. The summed E-state index contributed by atoms with van der Waals surface area (Å²) in [5.74, 6) is -0.424. The molecule has 2 aromatic carbocycles. The normalized spacial score (nSPS) is 10.8. The number of aryl methyl sites for hydroxylation is 1. The second kappa shape index (κ2) is 3.73. The van der Waals surface area contributed by atoms with Gasteiger partial charge in [-0.2, -0.15) is 0 Å². The van der Waals surface area contributed by atoms with E-state index in [0.717, 1.165) is 11.3 Å². The number of benzene rings is 1. The lowest BCUT2D eigenvalue weighted by Gasteiger charge is -2.16. The van der Waals surface area contributed by atoms with Crippen LogP contribution in [0.4, 0.5) is 5.69 Å². The Labute approximate surface area is 98.4 Å². The third-order valence-corrected chi connectivity index (χ3v) is 2.85. The summed E-state index contributed by atoms with van der Waals surface area (Å²) in [5.41, 5.74) is 1.33. The Morgan fingerprint density at radius 1 is 1.12 bits per heavy atom. The predicted octanol–water partition coefficient (Wildman–Crippen LogP) is 1.03. The monoisotopic (exact) mass is 231 g/mol. The molecule has 0 aliphatic heterocycles. The Bertz CT molecular complexity index is 649. The molecule has 0 atom stereocenters. The van der Waals surface area contributed by atoms with Crippen LogP contribution in [0.5, 0.6) is 5.75 Å². The van der Waals surface area contributed by atoms with Gasteiger partial charge in [-0.3, -0.25) is 9.59 Å². The van der Waals surface area contributed by atoms with Crippen LogP contribution in [0.3, 0.4) is 0 Å². The molecule has 0 spiro atoms. The summed E-state index contributed by atoms with van der Waals surface area (Å²) >= 11 is 0. The van der Waals surface area contributed by atoms with E-state index in [-0.39, 0.29) is 5.56 Å². The van der Waals surface area contributed by atoms with E-state index in [0.29, 0.717) is 5.56 Å². The molecule has 0 radical (unpaired) electrons. The first-order chi connectivity index (χ1) is 7.93. The summed E-state index contributed by atoms with van der Waals surface area (Å²) in [6.07, 6.45) is 0. The first kappa shape index (κ1) is 11.4. The lowest BCUT2D eigenvalue weighted by atomic mass is 9.98. The van der Waals surface area contributed by atoms with Gasteiger partial charge in [0.25, 0.3) is 5.43 Å². The maximum atomic E-state index is 11.3. The van der Waals surface area contributed by atoms with Crippen molar-refractivity contribution in [3.05, 3.63) is 44.2 Å². The molecular formula is C13H13NO3. The smallest absolute Gasteiger partial charge is 0.268 e. The van der Waals surface area contributed by atoms with Gasteiger partial charge in [0.2, 0.25) is 5.43 Å². The topological polar surface area (TPSA) is 57.6 Å². The molecule has 1 N–H and O–H groups in total. The predicted molar refractivity (Wildman–Crippen MR) is 67.5 cm³/mol. The van der Waals surface area contributed by atoms with Crippen molar-refractivity contribution in [2.45, 2.75) is 6.92 Å². The second-order valence-electron chi connectivity index (χ2n) is 4.28. The van der Waals surface area contributed by atoms with Gasteiger partial charge in [-0.15, -0.1) is 0 Å². The molecule has 2 rings (SSSR count). The molecule has 0 amide bonds. The van der Waals surface area contributed by atoms with E-state index in [1.807, 2.05) is 32.0 Å². The Morgan fingerprint density at radius 2 is 1.76 bits per heavy atom. The minimum atomic E-state index is -0.797. The van der Waals surface area contributed by atoms with Crippen LogP contribution >= 0.6 is 0 Å². The molecule has 0 bridgehead atoms. The summed E-state index contributed by atoms with van der Waals surface area (Å²) in [4.78, 5) is 24.2. The van der Waals surface area contributed by atoms with Crippen LogP contribution in [-0.2, 0) is 0 Å². The van der Waals surface area contributed by atoms with Crippen molar-refractivity contribution in [1.29, 1.82) is 0 Å². The highest BCUT2D eigenvalue weighted by atomic mass is 16.3. The molecule has 0 fully saturated rings. The fourth-order valence-electron chi connectivity index (χ4n) is 1.96. The Balaban J connectivity index is 2.54. The van der Waals surface area contributed by atoms with Gasteiger partial charge in [-0.25, -0.2) is 0 Å². The molecule has 4 nitrogen and oxygen atoms in total. The van der Waals surface area contributed by atoms with Gasteiger partial charge in [-0.05, 0) is 30.2 Å². The first-order valence-corrected chi connectivity index (χ1v) is 5.24. The van der Waals surface area contributed by atoms with Crippen molar-refractivity contribution in [3.63, 3.8) is 0 Å². The van der Waals surface area contributed by atoms with E-state index in [9.17, 15) is 14.7 Å². The van der Waals surface area contributed by atoms with Crippen molar-refractivity contribution >= 4 is 5.69 Å². The van der Waals surface area contributed by atoms with Gasteiger partial charge in [0, 0.05) is 19.8 Å². The standard InChI is InChI=1S/C13H13NO3/c1-7-6-8(4-5-9(7)14(2)3)10-11(15)13(17)12(10)16/h4-6,15H,1-3H3. The molecule has 0 aromatic heterocycles. The zero-order valence-corrected chi connectivity index (χ0v) is 9.94. The highest BCUT2D eigenvalue weighted by molar-refractivity contribution is 5.75. The van der Waals surface area contributed by atoms with E-state index in [1.165, 1.54) is 0 Å². The molecule has 88 valence electrons. The SMILES string of the molecule is Cc1cc(-c2c(O)c(=O)c2=O)ccc1N(C)C. The Kier molecular flexibility index (Phi) is 2.50. The van der Waals surface area contributed by atoms with Gasteiger partial charge in [0.15, 0.2) is 5.75 Å². The molecule has 4 heteroatoms. The Hall–Kier alpha value is -2.10. The molecule has 0 heterocycles. The average Bonchev–Trinajstić information content (AvgIpc) is 2.28. The van der Waals surface area contributed by atoms with Crippen molar-refractivity contribution in [2.75, 3.05) is 19.0 Å². The van der Waals surface area contributed by atoms with Gasteiger partial charge >= 0.3 is 0 Å². The minimum Gasteiger partial charge on any atom is -0.503 e. The summed E-state index contributed by atoms with van der Waals surface area (Å²) in [6.45, 7) is 1.92. The lowest BCUT2D eigenvalue weighted by Crippen LogP contribution is -2.31. The van der Waals surface area contributed by atoms with Crippen molar-refractivity contribution < 1.29 is 5.11 Å². The molecule has 0 saturated heterocycles. The molecule has 17 heavy (non-hydrogen) atoms. The third kappa shape index (κ3) is 1.62. The summed E-state index contributed by atoms with van der Waals surface area (Å²) in [7, 11) is 3.85. The average molecular weight is 231 g/mol. The van der Waals surface area contributed by atoms with Crippen LogP contribution in [0.1, 0.15) is 5.56 Å². The first-order valence-electron chi connectivity index (χ1n) is 5.24. The van der Waals surface area contributed by atoms with Crippen LogP contribution in [0.15, 0.2) is 27.8 Å². The third-order valence-electron chi connectivity index (χ3n) is 2.85. The van der Waals surface area contributed by atoms with Crippen molar-refractivity contribution in [3.8, 4) is 16.9 Å². The Morgan fingerprint density at radius 3 is 2.24 bits per heavy atom. The number of anilines is 1. The number of hydrogen-bond donors (Lipinski definition) is 1. The molecule has 0 unspecified atom stereocenters. The minimum absolute atomic E-state index is 0.128. The maximum absolute atomic E-state index is 11.3. The van der Waals surface area contributed by atoms with E-state index in [1.54, 1.807) is 12.1 Å². The van der Waals surface area contributed by atoms with Gasteiger partial charge in [0.05, 0.1) is 5.56 Å². The molecule has 0 aliphatic rings. The number of nitrogens with zero attached hydrogens (tertiary/aromatic N) is 1. The molecule has 0 aliphatic carbocycles. The van der Waals surface area contributed by atoms with E-state index >= 15 is 0 Å². The number of hydrogen-bond acceptors (Lipinski definition) is 4. The fourth-order valence-corrected chi connectivity index (χ4v) is 1.96. The number of aromatic hydroxyl groups is 1. The van der Waals surface area contributed by atoms with Crippen LogP contribution < -0.4 is 15.8 Å². The molecular weight excluding hydrogens is 218 g/mol. The van der Waals surface area contributed by atoms with Crippen LogP contribution in [-0.4, -0.2) is 19.2 Å². The highest BCUT2D eigenvalue weighted by Crippen LogP contribution is 2.28. The zero-order chi connectivity index (χ0) is 12.7. The van der Waals surface area contributed by atoms with Gasteiger partial charge < -0.3 is 10.0 Å². The van der Waals surface area contributed by atoms with E-state index in [2.05, 4.69) is 0 Å². The summed E-state index contributed by atoms with van der Waals surface area (Å²) < 4.78 is 0. The van der Waals surface area contributed by atoms with Gasteiger partial charge in [-0.1, -0.05) is 6.07 Å². The van der Waals surface area contributed by atoms with E-state index < -0.39 is 16.6 Å². The van der Waals surface area contributed by atoms with Crippen molar-refractivity contribution in [1.82, 2.24) is 0 Å². The van der Waals surface area contributed by atoms with Crippen molar-refractivity contribution in [2.24, 2.45) is 0 Å². The quantitative estimate of drug-likeness (QED) is 0.784. The van der Waals surface area contributed by atoms with Gasteiger partial charge in [0.1, 0.15) is 0 Å². The largest absolute Gasteiger partial charge is 0.503 e. The highest BCUT2D eigenvalue weighted by Gasteiger charge is 2.21.